The molecular formula is C13H14BrN3O. The number of likely N-dealkylation sites (N-methyl/N-ethyl adjacent to an activating group) is 1. The van der Waals surface area contributed by atoms with E-state index >= 15 is 0 Å². The molecule has 1 amide bonds. The number of rotatable bonds is 3. The minimum Gasteiger partial charge on any atom is -0.362 e. The maximum absolute atomic E-state index is 11.7. The van der Waals surface area contributed by atoms with Crippen LogP contribution in [0.5, 0.6) is 0 Å². The van der Waals surface area contributed by atoms with Crippen LogP contribution in [0.3, 0.4) is 0 Å². The van der Waals surface area contributed by atoms with Gasteiger partial charge in [-0.1, -0.05) is 5.92 Å². The molecule has 0 spiro atoms. The second-order valence-corrected chi connectivity index (χ2v) is 5.02. The lowest BCUT2D eigenvalue weighted by Crippen LogP contribution is -2.23. The van der Waals surface area contributed by atoms with Crippen LogP contribution in [0, 0.1) is 12.3 Å². The van der Waals surface area contributed by atoms with E-state index in [9.17, 15) is 4.79 Å². The molecule has 1 aliphatic heterocycles. The van der Waals surface area contributed by atoms with Crippen LogP contribution in [0.4, 0.5) is 11.4 Å². The Labute approximate surface area is 115 Å². The Hall–Kier alpha value is -1.51. The molecule has 0 saturated heterocycles. The number of carbonyl (C=O) groups is 1. The summed E-state index contributed by atoms with van der Waals surface area (Å²) in [4.78, 5) is 13.7. The van der Waals surface area contributed by atoms with Crippen molar-refractivity contribution in [2.75, 3.05) is 30.9 Å². The quantitative estimate of drug-likeness (QED) is 0.836. The Kier molecular flexibility index (Phi) is 3.60. The third kappa shape index (κ3) is 2.09. The van der Waals surface area contributed by atoms with Gasteiger partial charge >= 0.3 is 0 Å². The van der Waals surface area contributed by atoms with E-state index in [4.69, 9.17) is 6.42 Å². The van der Waals surface area contributed by atoms with Gasteiger partial charge in [0.1, 0.15) is 6.04 Å². The van der Waals surface area contributed by atoms with Gasteiger partial charge in [-0.05, 0) is 35.1 Å². The van der Waals surface area contributed by atoms with Crippen LogP contribution in [0.15, 0.2) is 16.6 Å². The van der Waals surface area contributed by atoms with Crippen molar-refractivity contribution < 1.29 is 4.79 Å². The fourth-order valence-electron chi connectivity index (χ4n) is 2.07. The summed E-state index contributed by atoms with van der Waals surface area (Å²) in [5.41, 5.74) is 2.75. The molecule has 1 aromatic rings. The summed E-state index contributed by atoms with van der Waals surface area (Å²) in [7, 11) is 3.68. The molecule has 94 valence electrons. The minimum absolute atomic E-state index is 0.0313. The molecule has 0 aliphatic carbocycles. The zero-order valence-electron chi connectivity index (χ0n) is 10.2. The highest BCUT2D eigenvalue weighted by molar-refractivity contribution is 9.10. The van der Waals surface area contributed by atoms with Gasteiger partial charge in [0.2, 0.25) is 5.91 Å². The van der Waals surface area contributed by atoms with Gasteiger partial charge < -0.3 is 15.5 Å². The van der Waals surface area contributed by atoms with Gasteiger partial charge in [0, 0.05) is 22.8 Å². The summed E-state index contributed by atoms with van der Waals surface area (Å²) in [6.45, 7) is 0.515. The lowest BCUT2D eigenvalue weighted by atomic mass is 10.1. The molecule has 4 nitrogen and oxygen atoms in total. The van der Waals surface area contributed by atoms with E-state index < -0.39 is 0 Å². The molecule has 1 aromatic carbocycles. The summed E-state index contributed by atoms with van der Waals surface area (Å²) in [6, 6.07) is 3.60. The average molecular weight is 308 g/mol. The van der Waals surface area contributed by atoms with Crippen LogP contribution < -0.4 is 15.5 Å². The number of benzene rings is 1. The highest BCUT2D eigenvalue weighted by Gasteiger charge is 2.30. The number of nitrogens with one attached hydrogen (secondary N) is 2. The van der Waals surface area contributed by atoms with Gasteiger partial charge in [-0.3, -0.25) is 4.79 Å². The Bertz CT molecular complexity index is 536. The maximum Gasteiger partial charge on any atom is 0.246 e. The van der Waals surface area contributed by atoms with Crippen molar-refractivity contribution >= 4 is 33.2 Å². The van der Waals surface area contributed by atoms with Crippen LogP contribution in [-0.2, 0) is 4.79 Å². The van der Waals surface area contributed by atoms with Gasteiger partial charge in [-0.15, -0.1) is 6.42 Å². The lowest BCUT2D eigenvalue weighted by Gasteiger charge is -2.19. The van der Waals surface area contributed by atoms with Crippen LogP contribution in [0.25, 0.3) is 0 Å². The van der Waals surface area contributed by atoms with Crippen LogP contribution in [-0.4, -0.2) is 26.5 Å². The van der Waals surface area contributed by atoms with Crippen molar-refractivity contribution in [3.05, 3.63) is 22.2 Å². The van der Waals surface area contributed by atoms with E-state index in [0.717, 1.165) is 21.4 Å². The number of hydrogen-bond donors (Lipinski definition) is 2. The van der Waals surface area contributed by atoms with Crippen LogP contribution in [0.2, 0.25) is 0 Å². The molecule has 1 atom stereocenters. The first kappa shape index (κ1) is 12.9. The SMILES string of the molecule is C#CCN(C)c1cc2c(cc1Br)C(NC)C(=O)N2. The smallest absolute Gasteiger partial charge is 0.246 e. The molecule has 0 aromatic heterocycles. The average Bonchev–Trinajstić information content (AvgIpc) is 2.63. The number of nitrogens with zero attached hydrogens (tertiary/aromatic N) is 1. The van der Waals surface area contributed by atoms with E-state index in [-0.39, 0.29) is 11.9 Å². The van der Waals surface area contributed by atoms with Crippen molar-refractivity contribution in [3.63, 3.8) is 0 Å². The number of terminal acetylenes is 1. The van der Waals surface area contributed by atoms with Crippen molar-refractivity contribution in [2.45, 2.75) is 6.04 Å². The predicted molar refractivity (Wildman–Crippen MR) is 76.7 cm³/mol. The fourth-order valence-corrected chi connectivity index (χ4v) is 2.74. The maximum atomic E-state index is 11.7. The summed E-state index contributed by atoms with van der Waals surface area (Å²) in [6.07, 6.45) is 5.31. The van der Waals surface area contributed by atoms with Gasteiger partial charge in [0.05, 0.1) is 12.2 Å². The molecule has 0 saturated carbocycles. The van der Waals surface area contributed by atoms with Gasteiger partial charge in [-0.25, -0.2) is 0 Å². The number of amides is 1. The van der Waals surface area contributed by atoms with Gasteiger partial charge in [-0.2, -0.15) is 0 Å². The van der Waals surface area contributed by atoms with E-state index in [1.807, 2.05) is 24.1 Å². The summed E-state index contributed by atoms with van der Waals surface area (Å²) in [5, 5.41) is 5.85. The highest BCUT2D eigenvalue weighted by atomic mass is 79.9. The van der Waals surface area contributed by atoms with E-state index in [1.165, 1.54) is 0 Å². The predicted octanol–water partition coefficient (Wildman–Crippen LogP) is 1.73. The first-order valence-electron chi connectivity index (χ1n) is 5.54. The molecule has 0 bridgehead atoms. The van der Waals surface area contributed by atoms with Crippen molar-refractivity contribution in [1.29, 1.82) is 0 Å². The molecule has 2 N–H and O–H groups in total. The Balaban J connectivity index is 2.43. The summed E-state index contributed by atoms with van der Waals surface area (Å²) >= 11 is 3.52. The molecule has 0 radical (unpaired) electrons. The third-order valence-corrected chi connectivity index (χ3v) is 3.61. The normalized spacial score (nSPS) is 17.0. The Morgan fingerprint density at radius 3 is 2.94 bits per heavy atom. The molecule has 5 heteroatoms. The topological polar surface area (TPSA) is 44.4 Å². The van der Waals surface area contributed by atoms with Crippen molar-refractivity contribution in [1.82, 2.24) is 5.32 Å². The number of carbonyl (C=O) groups excluding carboxylic acids is 1. The number of hydrogen-bond acceptors (Lipinski definition) is 3. The summed E-state index contributed by atoms with van der Waals surface area (Å²) < 4.78 is 0.927. The van der Waals surface area contributed by atoms with E-state index in [1.54, 1.807) is 7.05 Å². The first-order valence-corrected chi connectivity index (χ1v) is 6.34. The number of halogens is 1. The minimum atomic E-state index is -0.289. The molecule has 2 rings (SSSR count). The highest BCUT2D eigenvalue weighted by Crippen LogP contribution is 2.38. The van der Waals surface area contributed by atoms with Crippen LogP contribution in [0.1, 0.15) is 11.6 Å². The standard InChI is InChI=1S/C13H14BrN3O/c1-4-5-17(3)11-7-10-8(6-9(11)14)12(15-2)13(18)16-10/h1,6-7,12,15H,5H2,2-3H3,(H,16,18). The molecular weight excluding hydrogens is 294 g/mol. The zero-order chi connectivity index (χ0) is 13.3. The van der Waals surface area contributed by atoms with Crippen molar-refractivity contribution in [2.24, 2.45) is 0 Å². The van der Waals surface area contributed by atoms with E-state index in [0.29, 0.717) is 6.54 Å². The monoisotopic (exact) mass is 307 g/mol. The fraction of sp³-hybridized carbons (Fsp3) is 0.308. The summed E-state index contributed by atoms with van der Waals surface area (Å²) in [5.74, 6) is 2.56. The van der Waals surface area contributed by atoms with Gasteiger partial charge in [0.15, 0.2) is 0 Å². The number of anilines is 2. The molecule has 1 heterocycles. The second-order valence-electron chi connectivity index (χ2n) is 4.16. The zero-order valence-corrected chi connectivity index (χ0v) is 11.8. The Morgan fingerprint density at radius 1 is 1.61 bits per heavy atom. The second kappa shape index (κ2) is 5.01. The lowest BCUT2D eigenvalue weighted by molar-refractivity contribution is -0.117. The largest absolute Gasteiger partial charge is 0.362 e. The van der Waals surface area contributed by atoms with E-state index in [2.05, 4.69) is 32.5 Å². The van der Waals surface area contributed by atoms with Crippen molar-refractivity contribution in [3.8, 4) is 12.3 Å². The van der Waals surface area contributed by atoms with Crippen LogP contribution >= 0.6 is 15.9 Å². The first-order chi connectivity index (χ1) is 8.58. The molecule has 18 heavy (non-hydrogen) atoms. The molecule has 1 unspecified atom stereocenters. The molecule has 1 aliphatic rings. The Morgan fingerprint density at radius 2 is 2.33 bits per heavy atom. The third-order valence-electron chi connectivity index (χ3n) is 2.98. The van der Waals surface area contributed by atoms with Gasteiger partial charge in [0.25, 0.3) is 0 Å². The number of fused-ring (bicyclic) bond motifs is 1. The molecule has 0 fully saturated rings.